The minimum atomic E-state index is -0.177. The van der Waals surface area contributed by atoms with Gasteiger partial charge in [0.15, 0.2) is 5.65 Å². The molecule has 3 aromatic rings. The first-order chi connectivity index (χ1) is 7.86. The van der Waals surface area contributed by atoms with Gasteiger partial charge >= 0.3 is 0 Å². The number of nitrogens with zero attached hydrogens (tertiary/aromatic N) is 2. The van der Waals surface area contributed by atoms with Crippen molar-refractivity contribution in [3.8, 4) is 11.1 Å². The smallest absolute Gasteiger partial charge is 0.274 e. The molecule has 0 radical (unpaired) electrons. The minimum Gasteiger partial charge on any atom is -0.279 e. The fourth-order valence-electron chi connectivity index (χ4n) is 1.72. The predicted molar refractivity (Wildman–Crippen MR) is 59.9 cm³/mol. The second-order valence-electron chi connectivity index (χ2n) is 3.43. The van der Waals surface area contributed by atoms with Crippen LogP contribution in [0.3, 0.4) is 0 Å². The Hall–Kier alpha value is -2.43. The van der Waals surface area contributed by atoms with Crippen molar-refractivity contribution in [3.05, 3.63) is 46.9 Å². The van der Waals surface area contributed by atoms with E-state index in [0.717, 1.165) is 11.1 Å². The number of fused-ring (bicyclic) bond motifs is 1. The molecule has 0 saturated carbocycles. The van der Waals surface area contributed by atoms with Gasteiger partial charge in [0.05, 0.1) is 11.6 Å². The molecule has 0 amide bonds. The molecule has 0 saturated heterocycles. The van der Waals surface area contributed by atoms with Crippen LogP contribution in [-0.4, -0.2) is 20.4 Å². The molecule has 0 aliphatic rings. The fraction of sp³-hybridized carbons (Fsp3) is 0. The maximum atomic E-state index is 11.6. The quantitative estimate of drug-likeness (QED) is 0.638. The van der Waals surface area contributed by atoms with Crippen LogP contribution >= 0.6 is 0 Å². The minimum absolute atomic E-state index is 0.177. The van der Waals surface area contributed by atoms with Crippen LogP contribution in [0.15, 0.2) is 41.3 Å². The van der Waals surface area contributed by atoms with E-state index in [-0.39, 0.29) is 5.56 Å². The van der Waals surface area contributed by atoms with Crippen molar-refractivity contribution in [1.29, 1.82) is 0 Å². The van der Waals surface area contributed by atoms with Gasteiger partial charge in [0, 0.05) is 5.56 Å². The molecule has 16 heavy (non-hydrogen) atoms. The molecule has 0 aliphatic heterocycles. The first kappa shape index (κ1) is 8.84. The first-order valence-electron chi connectivity index (χ1n) is 4.84. The first-order valence-corrected chi connectivity index (χ1v) is 4.84. The number of nitrogens with one attached hydrogen (secondary N) is 2. The van der Waals surface area contributed by atoms with E-state index in [1.807, 2.05) is 30.3 Å². The van der Waals surface area contributed by atoms with Crippen LogP contribution in [0.2, 0.25) is 0 Å². The summed E-state index contributed by atoms with van der Waals surface area (Å²) in [4.78, 5) is 11.6. The molecule has 0 aliphatic carbocycles. The van der Waals surface area contributed by atoms with Gasteiger partial charge in [-0.2, -0.15) is 5.10 Å². The van der Waals surface area contributed by atoms with E-state index in [0.29, 0.717) is 11.0 Å². The van der Waals surface area contributed by atoms with Crippen molar-refractivity contribution in [1.82, 2.24) is 20.4 Å². The van der Waals surface area contributed by atoms with Crippen molar-refractivity contribution < 1.29 is 0 Å². The molecule has 0 spiro atoms. The van der Waals surface area contributed by atoms with E-state index in [1.54, 1.807) is 6.20 Å². The molecular weight excluding hydrogens is 204 g/mol. The van der Waals surface area contributed by atoms with Gasteiger partial charge in [-0.05, 0) is 5.56 Å². The van der Waals surface area contributed by atoms with Crippen molar-refractivity contribution >= 4 is 11.0 Å². The third kappa shape index (κ3) is 1.22. The van der Waals surface area contributed by atoms with E-state index in [4.69, 9.17) is 0 Å². The highest BCUT2D eigenvalue weighted by atomic mass is 16.1. The Morgan fingerprint density at radius 3 is 2.69 bits per heavy atom. The van der Waals surface area contributed by atoms with Gasteiger partial charge in [0.25, 0.3) is 5.56 Å². The maximum Gasteiger partial charge on any atom is 0.274 e. The molecule has 0 fully saturated rings. The maximum absolute atomic E-state index is 11.6. The van der Waals surface area contributed by atoms with Crippen LogP contribution in [0.25, 0.3) is 22.2 Å². The fourth-order valence-corrected chi connectivity index (χ4v) is 1.72. The van der Waals surface area contributed by atoms with Gasteiger partial charge in [-0.25, -0.2) is 0 Å². The van der Waals surface area contributed by atoms with Gasteiger partial charge in [-0.3, -0.25) is 15.0 Å². The lowest BCUT2D eigenvalue weighted by Crippen LogP contribution is -2.00. The second-order valence-corrected chi connectivity index (χ2v) is 3.43. The van der Waals surface area contributed by atoms with Crippen LogP contribution in [-0.2, 0) is 0 Å². The third-order valence-corrected chi connectivity index (χ3v) is 2.46. The van der Waals surface area contributed by atoms with Crippen LogP contribution in [0.1, 0.15) is 0 Å². The number of benzene rings is 1. The van der Waals surface area contributed by atoms with Crippen LogP contribution in [0, 0.1) is 0 Å². The predicted octanol–water partition coefficient (Wildman–Crippen LogP) is 1.31. The van der Waals surface area contributed by atoms with Crippen molar-refractivity contribution in [3.63, 3.8) is 0 Å². The molecule has 0 atom stereocenters. The van der Waals surface area contributed by atoms with Crippen LogP contribution in [0.4, 0.5) is 0 Å². The summed E-state index contributed by atoms with van der Waals surface area (Å²) in [5, 5.41) is 13.4. The van der Waals surface area contributed by atoms with Crippen molar-refractivity contribution in [2.45, 2.75) is 0 Å². The van der Waals surface area contributed by atoms with Crippen LogP contribution in [0.5, 0.6) is 0 Å². The van der Waals surface area contributed by atoms with E-state index in [1.165, 1.54) is 0 Å². The summed E-state index contributed by atoms with van der Waals surface area (Å²) in [6, 6.07) is 9.63. The Bertz CT molecular complexity index is 684. The monoisotopic (exact) mass is 212 g/mol. The molecule has 2 N–H and O–H groups in total. The Morgan fingerprint density at radius 2 is 1.88 bits per heavy atom. The molecule has 3 rings (SSSR count). The number of aromatic nitrogens is 4. The summed E-state index contributed by atoms with van der Waals surface area (Å²) >= 11 is 0. The van der Waals surface area contributed by atoms with Gasteiger partial charge in [-0.1, -0.05) is 30.3 Å². The van der Waals surface area contributed by atoms with Gasteiger partial charge in [0.1, 0.15) is 0 Å². The zero-order chi connectivity index (χ0) is 11.0. The topological polar surface area (TPSA) is 74.4 Å². The Balaban J connectivity index is 2.40. The molecule has 0 bridgehead atoms. The standard InChI is InChI=1S/C11H8N4O/c16-11-9-8(7-4-2-1-3-5-7)6-12-13-10(9)14-15-11/h1-6H,(H2,13,14,15,16). The van der Waals surface area contributed by atoms with Crippen molar-refractivity contribution in [2.24, 2.45) is 0 Å². The average molecular weight is 212 g/mol. The van der Waals surface area contributed by atoms with E-state index in [2.05, 4.69) is 20.4 Å². The zero-order valence-corrected chi connectivity index (χ0v) is 8.27. The van der Waals surface area contributed by atoms with Gasteiger partial charge < -0.3 is 0 Å². The number of hydrogen-bond acceptors (Lipinski definition) is 3. The molecule has 5 nitrogen and oxygen atoms in total. The van der Waals surface area contributed by atoms with Gasteiger partial charge in [0.2, 0.25) is 0 Å². The Kier molecular flexibility index (Phi) is 1.83. The van der Waals surface area contributed by atoms with Crippen LogP contribution < -0.4 is 5.56 Å². The molecule has 2 aromatic heterocycles. The Labute approximate surface area is 90.1 Å². The van der Waals surface area contributed by atoms with Gasteiger partial charge in [-0.15, -0.1) is 5.10 Å². The summed E-state index contributed by atoms with van der Waals surface area (Å²) in [7, 11) is 0. The number of aromatic amines is 2. The van der Waals surface area contributed by atoms with E-state index >= 15 is 0 Å². The lowest BCUT2D eigenvalue weighted by Gasteiger charge is -1.99. The molecule has 1 aromatic carbocycles. The average Bonchev–Trinajstić information content (AvgIpc) is 2.73. The number of rotatable bonds is 1. The lowest BCUT2D eigenvalue weighted by atomic mass is 10.1. The van der Waals surface area contributed by atoms with E-state index < -0.39 is 0 Å². The summed E-state index contributed by atoms with van der Waals surface area (Å²) in [5.74, 6) is 0. The van der Waals surface area contributed by atoms with E-state index in [9.17, 15) is 4.79 Å². The highest BCUT2D eigenvalue weighted by molar-refractivity contribution is 5.91. The number of hydrogen-bond donors (Lipinski definition) is 2. The summed E-state index contributed by atoms with van der Waals surface area (Å²) < 4.78 is 0. The highest BCUT2D eigenvalue weighted by Gasteiger charge is 2.09. The second kappa shape index (κ2) is 3.30. The zero-order valence-electron chi connectivity index (χ0n) is 8.27. The normalized spacial score (nSPS) is 10.8. The molecule has 78 valence electrons. The molecular formula is C11H8N4O. The lowest BCUT2D eigenvalue weighted by molar-refractivity contribution is 1.01. The SMILES string of the molecule is O=c1[nH][nH]c2nncc(-c3ccccc3)c12. The highest BCUT2D eigenvalue weighted by Crippen LogP contribution is 2.22. The largest absolute Gasteiger partial charge is 0.279 e. The molecule has 5 heteroatoms. The van der Waals surface area contributed by atoms with Crippen molar-refractivity contribution in [2.75, 3.05) is 0 Å². The molecule has 2 heterocycles. The number of H-pyrrole nitrogens is 2. The Morgan fingerprint density at radius 1 is 1.06 bits per heavy atom. The molecule has 0 unspecified atom stereocenters. The summed E-state index contributed by atoms with van der Waals surface area (Å²) in [5.41, 5.74) is 2.04. The third-order valence-electron chi connectivity index (χ3n) is 2.46. The summed E-state index contributed by atoms with van der Waals surface area (Å²) in [6.07, 6.45) is 1.60. The summed E-state index contributed by atoms with van der Waals surface area (Å²) in [6.45, 7) is 0.